The van der Waals surface area contributed by atoms with Crippen LogP contribution in [0.5, 0.6) is 0 Å². The van der Waals surface area contributed by atoms with E-state index < -0.39 is 9.84 Å². The first-order chi connectivity index (χ1) is 13.4. The maximum Gasteiger partial charge on any atom is 0.269 e. The number of carbonyl (C=O) groups is 2. The first kappa shape index (κ1) is 20.0. The van der Waals surface area contributed by atoms with E-state index in [4.69, 9.17) is 0 Å². The van der Waals surface area contributed by atoms with Gasteiger partial charge in [0.05, 0.1) is 4.90 Å². The van der Waals surface area contributed by atoms with Gasteiger partial charge >= 0.3 is 0 Å². The van der Waals surface area contributed by atoms with Crippen molar-refractivity contribution in [2.45, 2.75) is 17.7 Å². The normalized spacial score (nSPS) is 15.2. The van der Waals surface area contributed by atoms with Gasteiger partial charge < -0.3 is 10.2 Å². The highest BCUT2D eigenvalue weighted by Crippen LogP contribution is 2.24. The quantitative estimate of drug-likeness (QED) is 0.743. The number of hydrogen-bond donors (Lipinski definition) is 1. The molecule has 148 valence electrons. The van der Waals surface area contributed by atoms with Gasteiger partial charge in [0.1, 0.15) is 11.4 Å². The molecule has 3 rings (SSSR count). The summed E-state index contributed by atoms with van der Waals surface area (Å²) in [6, 6.07) is 11.7. The Morgan fingerprint density at radius 2 is 1.86 bits per heavy atom. The van der Waals surface area contributed by atoms with Crippen molar-refractivity contribution in [2.75, 3.05) is 30.8 Å². The van der Waals surface area contributed by atoms with E-state index in [0.29, 0.717) is 23.6 Å². The maximum absolute atomic E-state index is 12.2. The molecule has 0 unspecified atom stereocenters. The molecule has 1 N–H and O–H groups in total. The van der Waals surface area contributed by atoms with Gasteiger partial charge in [-0.25, -0.2) is 13.4 Å². The van der Waals surface area contributed by atoms with Crippen molar-refractivity contribution in [3.63, 3.8) is 0 Å². The van der Waals surface area contributed by atoms with Crippen LogP contribution >= 0.6 is 0 Å². The Morgan fingerprint density at radius 3 is 2.46 bits per heavy atom. The second-order valence-electron chi connectivity index (χ2n) is 6.97. The number of pyridine rings is 1. The van der Waals surface area contributed by atoms with Crippen LogP contribution in [-0.4, -0.2) is 51.5 Å². The lowest BCUT2D eigenvalue weighted by molar-refractivity contribution is 0.0940. The number of piperidine rings is 1. The zero-order valence-corrected chi connectivity index (χ0v) is 16.5. The number of nitrogens with zero attached hydrogens (tertiary/aromatic N) is 2. The molecule has 1 aliphatic rings. The predicted octanol–water partition coefficient (Wildman–Crippen LogP) is 1.94. The van der Waals surface area contributed by atoms with Gasteiger partial charge in [-0.1, -0.05) is 6.07 Å². The van der Waals surface area contributed by atoms with Crippen LogP contribution in [0.3, 0.4) is 0 Å². The maximum atomic E-state index is 12.2. The third kappa shape index (κ3) is 4.95. The van der Waals surface area contributed by atoms with Crippen molar-refractivity contribution in [3.8, 4) is 0 Å². The summed E-state index contributed by atoms with van der Waals surface area (Å²) in [5, 5.41) is 2.90. The molecule has 28 heavy (non-hydrogen) atoms. The molecule has 1 aliphatic heterocycles. The number of aromatic nitrogens is 1. The topological polar surface area (TPSA) is 96.4 Å². The summed E-state index contributed by atoms with van der Waals surface area (Å²) < 4.78 is 23.1. The Morgan fingerprint density at radius 1 is 1.18 bits per heavy atom. The minimum Gasteiger partial charge on any atom is -0.372 e. The molecule has 2 heterocycles. The molecule has 0 aliphatic carbocycles. The van der Waals surface area contributed by atoms with Gasteiger partial charge in [0.2, 0.25) is 0 Å². The SMILES string of the molecule is CS(=O)(=O)c1ccc(N2CCC(CNC(=O)c3cccc(C=O)n3)CC2)cc1. The number of nitrogens with one attached hydrogen (secondary N) is 1. The lowest BCUT2D eigenvalue weighted by Gasteiger charge is -2.33. The molecule has 2 aromatic rings. The van der Waals surface area contributed by atoms with Crippen molar-refractivity contribution < 1.29 is 18.0 Å². The van der Waals surface area contributed by atoms with E-state index in [0.717, 1.165) is 31.6 Å². The lowest BCUT2D eigenvalue weighted by Crippen LogP contribution is -2.38. The van der Waals surface area contributed by atoms with Gasteiger partial charge in [-0.15, -0.1) is 0 Å². The number of sulfone groups is 1. The zero-order valence-electron chi connectivity index (χ0n) is 15.7. The Hall–Kier alpha value is -2.74. The van der Waals surface area contributed by atoms with Crippen LogP contribution in [0.15, 0.2) is 47.4 Å². The van der Waals surface area contributed by atoms with Crippen LogP contribution in [-0.2, 0) is 9.84 Å². The molecule has 8 heteroatoms. The fraction of sp³-hybridized carbons (Fsp3) is 0.350. The second kappa shape index (κ2) is 8.52. The van der Waals surface area contributed by atoms with Gasteiger partial charge in [0.15, 0.2) is 16.1 Å². The summed E-state index contributed by atoms with van der Waals surface area (Å²) in [5.74, 6) is 0.0900. The van der Waals surface area contributed by atoms with Gasteiger partial charge in [-0.3, -0.25) is 9.59 Å². The van der Waals surface area contributed by atoms with E-state index in [1.54, 1.807) is 30.3 Å². The largest absolute Gasteiger partial charge is 0.372 e. The van der Waals surface area contributed by atoms with Crippen LogP contribution in [0.1, 0.15) is 33.8 Å². The fourth-order valence-electron chi connectivity index (χ4n) is 3.27. The summed E-state index contributed by atoms with van der Waals surface area (Å²) in [6.45, 7) is 2.25. The molecule has 0 spiro atoms. The zero-order chi connectivity index (χ0) is 20.1. The third-order valence-corrected chi connectivity index (χ3v) is 6.05. The highest BCUT2D eigenvalue weighted by atomic mass is 32.2. The minimum atomic E-state index is -3.19. The molecule has 1 amide bonds. The van der Waals surface area contributed by atoms with Gasteiger partial charge in [-0.2, -0.15) is 0 Å². The van der Waals surface area contributed by atoms with Gasteiger partial charge in [0.25, 0.3) is 5.91 Å². The molecule has 1 aromatic heterocycles. The van der Waals surface area contributed by atoms with E-state index >= 15 is 0 Å². The molecule has 0 saturated carbocycles. The fourth-order valence-corrected chi connectivity index (χ4v) is 3.90. The van der Waals surface area contributed by atoms with E-state index in [1.807, 2.05) is 12.1 Å². The molecular formula is C20H23N3O4S. The van der Waals surface area contributed by atoms with E-state index in [-0.39, 0.29) is 17.3 Å². The highest BCUT2D eigenvalue weighted by molar-refractivity contribution is 7.90. The predicted molar refractivity (Wildman–Crippen MR) is 106 cm³/mol. The molecule has 0 bridgehead atoms. The van der Waals surface area contributed by atoms with E-state index in [1.165, 1.54) is 6.26 Å². The van der Waals surface area contributed by atoms with Crippen LogP contribution in [0.25, 0.3) is 0 Å². The molecular weight excluding hydrogens is 378 g/mol. The smallest absolute Gasteiger partial charge is 0.269 e. The third-order valence-electron chi connectivity index (χ3n) is 4.92. The monoisotopic (exact) mass is 401 g/mol. The molecule has 1 saturated heterocycles. The number of hydrogen-bond acceptors (Lipinski definition) is 6. The molecule has 7 nitrogen and oxygen atoms in total. The Bertz CT molecular complexity index is 950. The number of benzene rings is 1. The number of aldehydes is 1. The Kier molecular flexibility index (Phi) is 6.08. The summed E-state index contributed by atoms with van der Waals surface area (Å²) in [6.07, 6.45) is 3.67. The van der Waals surface area contributed by atoms with Crippen molar-refractivity contribution in [1.29, 1.82) is 0 Å². The molecule has 1 fully saturated rings. The average Bonchev–Trinajstić information content (AvgIpc) is 2.72. The highest BCUT2D eigenvalue weighted by Gasteiger charge is 2.21. The number of anilines is 1. The lowest BCUT2D eigenvalue weighted by atomic mass is 9.96. The van der Waals surface area contributed by atoms with Crippen LogP contribution in [0, 0.1) is 5.92 Å². The number of amides is 1. The standard InChI is InChI=1S/C20H23N3O4S/c1-28(26,27)18-7-5-17(6-8-18)23-11-9-15(10-12-23)13-21-20(25)19-4-2-3-16(14-24)22-19/h2-8,14-15H,9-13H2,1H3,(H,21,25). The van der Waals surface area contributed by atoms with E-state index in [9.17, 15) is 18.0 Å². The Balaban J connectivity index is 1.50. The van der Waals surface area contributed by atoms with Crippen LogP contribution in [0.4, 0.5) is 5.69 Å². The second-order valence-corrected chi connectivity index (χ2v) is 8.99. The van der Waals surface area contributed by atoms with Crippen molar-refractivity contribution in [3.05, 3.63) is 53.9 Å². The number of rotatable bonds is 6. The van der Waals surface area contributed by atoms with Gasteiger partial charge in [-0.05, 0) is 55.2 Å². The average molecular weight is 401 g/mol. The summed E-state index contributed by atoms with van der Waals surface area (Å²) in [5.41, 5.74) is 1.49. The first-order valence-corrected chi connectivity index (χ1v) is 11.0. The summed E-state index contributed by atoms with van der Waals surface area (Å²) >= 11 is 0. The van der Waals surface area contributed by atoms with Crippen LogP contribution < -0.4 is 10.2 Å². The molecule has 0 radical (unpaired) electrons. The first-order valence-electron chi connectivity index (χ1n) is 9.12. The minimum absolute atomic E-state index is 0.239. The molecule has 0 atom stereocenters. The van der Waals surface area contributed by atoms with Crippen LogP contribution in [0.2, 0.25) is 0 Å². The summed E-state index contributed by atoms with van der Waals surface area (Å²) in [7, 11) is -3.19. The van der Waals surface area contributed by atoms with Crippen molar-refractivity contribution >= 4 is 27.7 Å². The Labute approximate surface area is 164 Å². The summed E-state index contributed by atoms with van der Waals surface area (Å²) in [4.78, 5) is 29.5. The van der Waals surface area contributed by atoms with Crippen molar-refractivity contribution in [1.82, 2.24) is 10.3 Å². The van der Waals surface area contributed by atoms with Crippen molar-refractivity contribution in [2.24, 2.45) is 5.92 Å². The number of carbonyl (C=O) groups excluding carboxylic acids is 2. The van der Waals surface area contributed by atoms with E-state index in [2.05, 4.69) is 15.2 Å². The van der Waals surface area contributed by atoms with Gasteiger partial charge in [0, 0.05) is 31.6 Å². The molecule has 1 aromatic carbocycles.